The number of benzene rings is 1. The van der Waals surface area contributed by atoms with Gasteiger partial charge >= 0.3 is 5.97 Å². The zero-order valence-electron chi connectivity index (χ0n) is 12.4. The van der Waals surface area contributed by atoms with E-state index in [4.69, 9.17) is 4.74 Å². The molecule has 2 amide bonds. The number of hydrazine groups is 1. The van der Waals surface area contributed by atoms with Crippen molar-refractivity contribution < 1.29 is 19.1 Å². The predicted octanol–water partition coefficient (Wildman–Crippen LogP) is 1.09. The number of pyridine rings is 1. The first kappa shape index (κ1) is 16.2. The standard InChI is InChI=1S/C16H15N3O4/c1-11(23-16(22)13-9-5-6-10-17-13)14(20)18-19-15(21)12-7-3-2-4-8-12/h2-11H,1H3,(H,18,20)(H,19,21)/t11-/m0/s1. The second-order valence-electron chi connectivity index (χ2n) is 4.57. The third-order valence-electron chi connectivity index (χ3n) is 2.86. The number of esters is 1. The normalized spacial score (nSPS) is 11.2. The summed E-state index contributed by atoms with van der Waals surface area (Å²) in [5.41, 5.74) is 4.94. The van der Waals surface area contributed by atoms with Gasteiger partial charge in [0.1, 0.15) is 5.69 Å². The van der Waals surface area contributed by atoms with Gasteiger partial charge in [0.25, 0.3) is 11.8 Å². The Kier molecular flexibility index (Phi) is 5.40. The molecule has 0 fully saturated rings. The molecule has 2 rings (SSSR count). The maximum atomic E-state index is 11.8. The number of nitrogens with one attached hydrogen (secondary N) is 2. The average molecular weight is 313 g/mol. The van der Waals surface area contributed by atoms with Gasteiger partial charge in [0.2, 0.25) is 0 Å². The molecule has 0 spiro atoms. The van der Waals surface area contributed by atoms with E-state index in [9.17, 15) is 14.4 Å². The highest BCUT2D eigenvalue weighted by Gasteiger charge is 2.20. The van der Waals surface area contributed by atoms with E-state index in [1.54, 1.807) is 42.5 Å². The fourth-order valence-electron chi connectivity index (χ4n) is 1.64. The van der Waals surface area contributed by atoms with Gasteiger partial charge in [-0.15, -0.1) is 0 Å². The number of carbonyl (C=O) groups is 3. The van der Waals surface area contributed by atoms with Crippen molar-refractivity contribution in [1.29, 1.82) is 0 Å². The summed E-state index contributed by atoms with van der Waals surface area (Å²) in [4.78, 5) is 39.2. The van der Waals surface area contributed by atoms with Gasteiger partial charge in [0.05, 0.1) is 0 Å². The fraction of sp³-hybridized carbons (Fsp3) is 0.125. The Hall–Kier alpha value is -3.22. The number of ether oxygens (including phenoxy) is 1. The summed E-state index contributed by atoms with van der Waals surface area (Å²) in [6.07, 6.45) is 0.363. The van der Waals surface area contributed by atoms with Crippen molar-refractivity contribution in [3.05, 3.63) is 66.0 Å². The topological polar surface area (TPSA) is 97.4 Å². The molecule has 23 heavy (non-hydrogen) atoms. The van der Waals surface area contributed by atoms with E-state index >= 15 is 0 Å². The molecule has 1 atom stereocenters. The van der Waals surface area contributed by atoms with Crippen LogP contribution in [0.4, 0.5) is 0 Å². The quantitative estimate of drug-likeness (QED) is 0.650. The first-order chi connectivity index (χ1) is 11.1. The van der Waals surface area contributed by atoms with Crippen LogP contribution in [0, 0.1) is 0 Å². The van der Waals surface area contributed by atoms with Crippen molar-refractivity contribution in [2.24, 2.45) is 0 Å². The lowest BCUT2D eigenvalue weighted by Crippen LogP contribution is -2.46. The van der Waals surface area contributed by atoms with Gasteiger partial charge < -0.3 is 4.74 Å². The maximum Gasteiger partial charge on any atom is 0.357 e. The molecule has 118 valence electrons. The molecule has 0 aliphatic carbocycles. The molecule has 0 saturated heterocycles. The summed E-state index contributed by atoms with van der Waals surface area (Å²) in [7, 11) is 0. The summed E-state index contributed by atoms with van der Waals surface area (Å²) in [5.74, 6) is -1.84. The monoisotopic (exact) mass is 313 g/mol. The van der Waals surface area contributed by atoms with Crippen LogP contribution in [-0.4, -0.2) is 28.9 Å². The van der Waals surface area contributed by atoms with Crippen LogP contribution in [-0.2, 0) is 9.53 Å². The third kappa shape index (κ3) is 4.63. The van der Waals surface area contributed by atoms with Gasteiger partial charge in [0.15, 0.2) is 6.10 Å². The number of amides is 2. The molecule has 0 radical (unpaired) electrons. The number of carbonyl (C=O) groups excluding carboxylic acids is 3. The van der Waals surface area contributed by atoms with Crippen LogP contribution in [0.1, 0.15) is 27.8 Å². The van der Waals surface area contributed by atoms with Gasteiger partial charge in [-0.05, 0) is 31.2 Å². The van der Waals surface area contributed by atoms with Gasteiger partial charge in [-0.25, -0.2) is 9.78 Å². The third-order valence-corrected chi connectivity index (χ3v) is 2.86. The number of hydrogen-bond donors (Lipinski definition) is 2. The Morgan fingerprint density at radius 1 is 1.00 bits per heavy atom. The Morgan fingerprint density at radius 3 is 2.35 bits per heavy atom. The van der Waals surface area contributed by atoms with Crippen LogP contribution in [0.3, 0.4) is 0 Å². The second-order valence-corrected chi connectivity index (χ2v) is 4.57. The largest absolute Gasteiger partial charge is 0.448 e. The van der Waals surface area contributed by atoms with Crippen LogP contribution >= 0.6 is 0 Å². The molecule has 1 aromatic heterocycles. The Labute approximate surface area is 132 Å². The van der Waals surface area contributed by atoms with Crippen molar-refractivity contribution >= 4 is 17.8 Å². The Morgan fingerprint density at radius 2 is 1.70 bits per heavy atom. The van der Waals surface area contributed by atoms with Crippen molar-refractivity contribution in [3.8, 4) is 0 Å². The molecule has 1 heterocycles. The minimum Gasteiger partial charge on any atom is -0.448 e. The molecule has 0 saturated carbocycles. The molecule has 0 bridgehead atoms. The van der Waals surface area contributed by atoms with E-state index in [2.05, 4.69) is 15.8 Å². The Balaban J connectivity index is 1.83. The lowest BCUT2D eigenvalue weighted by molar-refractivity contribution is -0.129. The second kappa shape index (κ2) is 7.69. The summed E-state index contributed by atoms with van der Waals surface area (Å²) in [6, 6.07) is 13.2. The molecule has 0 aliphatic rings. The number of aromatic nitrogens is 1. The van der Waals surface area contributed by atoms with Crippen molar-refractivity contribution in [1.82, 2.24) is 15.8 Å². The summed E-state index contributed by atoms with van der Waals surface area (Å²) in [6.45, 7) is 1.39. The van der Waals surface area contributed by atoms with Crippen LogP contribution in [0.25, 0.3) is 0 Å². The molecule has 0 aliphatic heterocycles. The SMILES string of the molecule is C[C@H](OC(=O)c1ccccn1)C(=O)NNC(=O)c1ccccc1. The van der Waals surface area contributed by atoms with E-state index in [1.807, 2.05) is 0 Å². The molecular formula is C16H15N3O4. The van der Waals surface area contributed by atoms with Crippen molar-refractivity contribution in [3.63, 3.8) is 0 Å². The number of rotatable bonds is 4. The molecule has 2 aromatic rings. The smallest absolute Gasteiger partial charge is 0.357 e. The summed E-state index contributed by atoms with van der Waals surface area (Å²) < 4.78 is 4.97. The highest BCUT2D eigenvalue weighted by Crippen LogP contribution is 2.01. The first-order valence-corrected chi connectivity index (χ1v) is 6.85. The van der Waals surface area contributed by atoms with Crippen molar-refractivity contribution in [2.75, 3.05) is 0 Å². The van der Waals surface area contributed by atoms with E-state index in [0.717, 1.165) is 0 Å². The van der Waals surface area contributed by atoms with E-state index in [1.165, 1.54) is 19.2 Å². The van der Waals surface area contributed by atoms with Gasteiger partial charge in [-0.1, -0.05) is 24.3 Å². The molecule has 1 aromatic carbocycles. The van der Waals surface area contributed by atoms with Gasteiger partial charge in [0, 0.05) is 11.8 Å². The zero-order valence-corrected chi connectivity index (χ0v) is 12.4. The summed E-state index contributed by atoms with van der Waals surface area (Å²) >= 11 is 0. The van der Waals surface area contributed by atoms with Crippen LogP contribution < -0.4 is 10.9 Å². The van der Waals surface area contributed by atoms with Crippen molar-refractivity contribution in [2.45, 2.75) is 13.0 Å². The van der Waals surface area contributed by atoms with Crippen LogP contribution in [0.5, 0.6) is 0 Å². The molecule has 7 nitrogen and oxygen atoms in total. The summed E-state index contributed by atoms with van der Waals surface area (Å²) in [5, 5.41) is 0. The van der Waals surface area contributed by atoms with Crippen LogP contribution in [0.15, 0.2) is 54.7 Å². The van der Waals surface area contributed by atoms with Crippen LogP contribution in [0.2, 0.25) is 0 Å². The Bertz CT molecular complexity index is 689. The minimum atomic E-state index is -1.08. The lowest BCUT2D eigenvalue weighted by atomic mass is 10.2. The number of nitrogens with zero attached hydrogens (tertiary/aromatic N) is 1. The number of hydrogen-bond acceptors (Lipinski definition) is 5. The van der Waals surface area contributed by atoms with E-state index < -0.39 is 23.9 Å². The molecular weight excluding hydrogens is 298 g/mol. The predicted molar refractivity (Wildman–Crippen MR) is 81.2 cm³/mol. The van der Waals surface area contributed by atoms with Gasteiger partial charge in [-0.2, -0.15) is 0 Å². The van der Waals surface area contributed by atoms with E-state index in [0.29, 0.717) is 5.56 Å². The fourth-order valence-corrected chi connectivity index (χ4v) is 1.64. The lowest BCUT2D eigenvalue weighted by Gasteiger charge is -2.13. The zero-order chi connectivity index (χ0) is 16.7. The highest BCUT2D eigenvalue weighted by atomic mass is 16.5. The molecule has 7 heteroatoms. The average Bonchev–Trinajstić information content (AvgIpc) is 2.60. The van der Waals surface area contributed by atoms with Gasteiger partial charge in [-0.3, -0.25) is 20.4 Å². The minimum absolute atomic E-state index is 0.0977. The molecule has 0 unspecified atom stereocenters. The molecule has 2 N–H and O–H groups in total. The first-order valence-electron chi connectivity index (χ1n) is 6.85. The van der Waals surface area contributed by atoms with E-state index in [-0.39, 0.29) is 5.69 Å². The maximum absolute atomic E-state index is 11.8. The highest BCUT2D eigenvalue weighted by molar-refractivity contribution is 5.96.